The van der Waals surface area contributed by atoms with Gasteiger partial charge in [0.05, 0.1) is 11.9 Å². The van der Waals surface area contributed by atoms with E-state index in [1.54, 1.807) is 6.20 Å². The minimum absolute atomic E-state index is 0.00133. The maximum atomic E-state index is 11.7. The largest absolute Gasteiger partial charge is 0.364 e. The molecule has 5 rings (SSSR count). The third-order valence-electron chi connectivity index (χ3n) is 4.43. The fraction of sp³-hybridized carbons (Fsp3) is 0.235. The molecule has 3 aromatic rings. The van der Waals surface area contributed by atoms with Crippen LogP contribution in [0.3, 0.4) is 0 Å². The number of fused-ring (bicyclic) bond motifs is 2. The van der Waals surface area contributed by atoms with Crippen LogP contribution in [0.2, 0.25) is 0 Å². The summed E-state index contributed by atoms with van der Waals surface area (Å²) in [5.74, 6) is 0.834. The molecule has 23 heavy (non-hydrogen) atoms. The number of anilines is 1. The van der Waals surface area contributed by atoms with Crippen molar-refractivity contribution in [3.05, 3.63) is 47.9 Å². The fourth-order valence-corrected chi connectivity index (χ4v) is 3.05. The zero-order valence-corrected chi connectivity index (χ0v) is 12.4. The van der Waals surface area contributed by atoms with Crippen molar-refractivity contribution < 1.29 is 4.79 Å². The lowest BCUT2D eigenvalue weighted by molar-refractivity contribution is 0.0966. The van der Waals surface area contributed by atoms with Gasteiger partial charge in [0.2, 0.25) is 0 Å². The standard InChI is InChI=1S/C17H15N5O/c23-17-13-4-1-10(7-11(13)8-20-17)14-9-19-15(21-12-2-3-12)16-18-5-6-22(14)16/h1,4-7,9,12H,2-3,8H2,(H,19,21)(H,20,23). The number of nitrogens with zero attached hydrogens (tertiary/aromatic N) is 3. The van der Waals surface area contributed by atoms with Gasteiger partial charge in [0.1, 0.15) is 0 Å². The first kappa shape index (κ1) is 12.6. The number of carbonyl (C=O) groups excluding carboxylic acids is 1. The quantitative estimate of drug-likeness (QED) is 0.778. The molecular formula is C17H15N5O. The summed E-state index contributed by atoms with van der Waals surface area (Å²) in [7, 11) is 0. The molecule has 6 nitrogen and oxygen atoms in total. The number of hydrogen-bond acceptors (Lipinski definition) is 4. The van der Waals surface area contributed by atoms with Crippen LogP contribution in [-0.4, -0.2) is 26.3 Å². The van der Waals surface area contributed by atoms with Gasteiger partial charge in [-0.25, -0.2) is 9.97 Å². The molecular weight excluding hydrogens is 290 g/mol. The highest BCUT2D eigenvalue weighted by Gasteiger charge is 2.23. The van der Waals surface area contributed by atoms with Gasteiger partial charge in [-0.1, -0.05) is 6.07 Å². The zero-order chi connectivity index (χ0) is 15.4. The third kappa shape index (κ3) is 1.98. The summed E-state index contributed by atoms with van der Waals surface area (Å²) >= 11 is 0. The molecule has 114 valence electrons. The topological polar surface area (TPSA) is 71.3 Å². The van der Waals surface area contributed by atoms with E-state index in [9.17, 15) is 4.79 Å². The Morgan fingerprint density at radius 1 is 1.26 bits per heavy atom. The van der Waals surface area contributed by atoms with E-state index in [2.05, 4.69) is 26.7 Å². The second-order valence-electron chi connectivity index (χ2n) is 6.09. The summed E-state index contributed by atoms with van der Waals surface area (Å²) in [4.78, 5) is 20.7. The highest BCUT2D eigenvalue weighted by atomic mass is 16.1. The van der Waals surface area contributed by atoms with Gasteiger partial charge >= 0.3 is 0 Å². The molecule has 1 saturated carbocycles. The van der Waals surface area contributed by atoms with E-state index in [1.165, 1.54) is 12.8 Å². The lowest BCUT2D eigenvalue weighted by atomic mass is 10.0. The second-order valence-corrected chi connectivity index (χ2v) is 6.09. The van der Waals surface area contributed by atoms with E-state index < -0.39 is 0 Å². The Bertz CT molecular complexity index is 941. The first-order valence-corrected chi connectivity index (χ1v) is 7.80. The number of rotatable bonds is 3. The molecule has 1 aliphatic carbocycles. The average Bonchev–Trinajstić information content (AvgIpc) is 3.10. The Kier molecular flexibility index (Phi) is 2.50. The van der Waals surface area contributed by atoms with Crippen LogP contribution in [0.5, 0.6) is 0 Å². The highest BCUT2D eigenvalue weighted by Crippen LogP contribution is 2.29. The monoisotopic (exact) mass is 305 g/mol. The normalized spacial score (nSPS) is 16.4. The maximum Gasteiger partial charge on any atom is 0.251 e. The minimum atomic E-state index is 0.00133. The van der Waals surface area contributed by atoms with E-state index in [0.29, 0.717) is 12.6 Å². The van der Waals surface area contributed by atoms with Crippen molar-refractivity contribution in [3.63, 3.8) is 0 Å². The molecule has 2 aromatic heterocycles. The molecule has 3 heterocycles. The maximum absolute atomic E-state index is 11.7. The lowest BCUT2D eigenvalue weighted by Gasteiger charge is -2.10. The van der Waals surface area contributed by atoms with Crippen LogP contribution >= 0.6 is 0 Å². The van der Waals surface area contributed by atoms with E-state index >= 15 is 0 Å². The van der Waals surface area contributed by atoms with E-state index in [0.717, 1.165) is 33.8 Å². The number of nitrogens with one attached hydrogen (secondary N) is 2. The van der Waals surface area contributed by atoms with Crippen LogP contribution in [0, 0.1) is 0 Å². The summed E-state index contributed by atoms with van der Waals surface area (Å²) in [6.07, 6.45) is 7.99. The van der Waals surface area contributed by atoms with Gasteiger partial charge in [-0.3, -0.25) is 9.20 Å². The molecule has 1 aromatic carbocycles. The van der Waals surface area contributed by atoms with Crippen molar-refractivity contribution in [1.29, 1.82) is 0 Å². The Balaban J connectivity index is 1.63. The molecule has 6 heteroatoms. The Labute approximate surface area is 132 Å². The summed E-state index contributed by atoms with van der Waals surface area (Å²) in [5, 5.41) is 6.27. The van der Waals surface area contributed by atoms with Gasteiger partial charge in [-0.15, -0.1) is 0 Å². The highest BCUT2D eigenvalue weighted by molar-refractivity contribution is 5.98. The molecule has 2 N–H and O–H groups in total. The van der Waals surface area contributed by atoms with Gasteiger partial charge in [0, 0.05) is 36.1 Å². The molecule has 0 spiro atoms. The molecule has 1 amide bonds. The SMILES string of the molecule is O=C1NCc2cc(-c3cnc(NC4CC4)c4nccn34)ccc21. The van der Waals surface area contributed by atoms with Crippen LogP contribution in [0.15, 0.2) is 36.8 Å². The molecule has 0 bridgehead atoms. The van der Waals surface area contributed by atoms with Crippen molar-refractivity contribution in [3.8, 4) is 11.3 Å². The minimum Gasteiger partial charge on any atom is -0.364 e. The summed E-state index contributed by atoms with van der Waals surface area (Å²) < 4.78 is 2.05. The lowest BCUT2D eigenvalue weighted by Crippen LogP contribution is -2.12. The summed E-state index contributed by atoms with van der Waals surface area (Å²) in [5.41, 5.74) is 4.63. The second kappa shape index (κ2) is 4.55. The van der Waals surface area contributed by atoms with E-state index in [4.69, 9.17) is 0 Å². The van der Waals surface area contributed by atoms with Crippen molar-refractivity contribution in [2.24, 2.45) is 0 Å². The molecule has 0 atom stereocenters. The van der Waals surface area contributed by atoms with Gasteiger partial charge in [0.15, 0.2) is 11.5 Å². The number of hydrogen-bond donors (Lipinski definition) is 2. The van der Waals surface area contributed by atoms with Crippen LogP contribution in [-0.2, 0) is 6.54 Å². The molecule has 2 aliphatic rings. The predicted octanol–water partition coefficient (Wildman–Crippen LogP) is 2.21. The Hall–Kier alpha value is -2.89. The van der Waals surface area contributed by atoms with Crippen LogP contribution in [0.25, 0.3) is 16.9 Å². The number of carbonyl (C=O) groups is 1. The average molecular weight is 305 g/mol. The van der Waals surface area contributed by atoms with Crippen LogP contribution in [0.4, 0.5) is 5.82 Å². The zero-order valence-electron chi connectivity index (χ0n) is 12.4. The Morgan fingerprint density at radius 3 is 3.04 bits per heavy atom. The molecule has 0 radical (unpaired) electrons. The number of benzene rings is 1. The summed E-state index contributed by atoms with van der Waals surface area (Å²) in [6, 6.07) is 6.43. The van der Waals surface area contributed by atoms with Crippen LogP contribution < -0.4 is 10.6 Å². The van der Waals surface area contributed by atoms with Gasteiger partial charge in [-0.2, -0.15) is 0 Å². The number of imidazole rings is 1. The first-order chi connectivity index (χ1) is 11.3. The first-order valence-electron chi connectivity index (χ1n) is 7.80. The van der Waals surface area contributed by atoms with Gasteiger partial charge < -0.3 is 10.6 Å². The fourth-order valence-electron chi connectivity index (χ4n) is 3.05. The van der Waals surface area contributed by atoms with Crippen molar-refractivity contribution in [2.45, 2.75) is 25.4 Å². The molecule has 0 unspecified atom stereocenters. The van der Waals surface area contributed by atoms with Crippen molar-refractivity contribution >= 4 is 17.4 Å². The van der Waals surface area contributed by atoms with Gasteiger partial charge in [-0.05, 0) is 30.5 Å². The van der Waals surface area contributed by atoms with E-state index in [-0.39, 0.29) is 5.91 Å². The third-order valence-corrected chi connectivity index (χ3v) is 4.43. The van der Waals surface area contributed by atoms with Gasteiger partial charge in [0.25, 0.3) is 5.91 Å². The number of amides is 1. The predicted molar refractivity (Wildman–Crippen MR) is 86.2 cm³/mol. The van der Waals surface area contributed by atoms with Crippen molar-refractivity contribution in [1.82, 2.24) is 19.7 Å². The van der Waals surface area contributed by atoms with Crippen molar-refractivity contribution in [2.75, 3.05) is 5.32 Å². The molecule has 1 fully saturated rings. The molecule has 0 saturated heterocycles. The number of aromatic nitrogens is 3. The summed E-state index contributed by atoms with van der Waals surface area (Å²) in [6.45, 7) is 0.587. The Morgan fingerprint density at radius 2 is 2.17 bits per heavy atom. The molecule has 1 aliphatic heterocycles. The smallest absolute Gasteiger partial charge is 0.251 e. The van der Waals surface area contributed by atoms with Crippen LogP contribution in [0.1, 0.15) is 28.8 Å². The van der Waals surface area contributed by atoms with E-state index in [1.807, 2.05) is 28.9 Å².